The molecule has 2 aromatic carbocycles. The molecule has 1 saturated carbocycles. The van der Waals surface area contributed by atoms with Gasteiger partial charge in [-0.25, -0.2) is 4.39 Å². The standard InChI is InChI=1S/C28H35FN4O2/c1-19-20(2)33(18-22-3-4-22)27-25(19)15-23(28(35)32-11-9-31(10-12-32)13-14-34)16-26(27)30-17-21-5-7-24(29)8-6-21/h5-8,15-16,22,30,34H,3-4,9-14,17-18H2,1-2H3. The molecule has 1 aliphatic carbocycles. The highest BCUT2D eigenvalue weighted by Gasteiger charge is 2.27. The fourth-order valence-corrected chi connectivity index (χ4v) is 5.12. The first-order valence-corrected chi connectivity index (χ1v) is 12.7. The number of fused-ring (bicyclic) bond motifs is 1. The summed E-state index contributed by atoms with van der Waals surface area (Å²) in [5.41, 5.74) is 6.25. The smallest absolute Gasteiger partial charge is 0.254 e. The lowest BCUT2D eigenvalue weighted by Gasteiger charge is -2.34. The molecule has 35 heavy (non-hydrogen) atoms. The highest BCUT2D eigenvalue weighted by atomic mass is 19.1. The summed E-state index contributed by atoms with van der Waals surface area (Å²) in [4.78, 5) is 17.7. The zero-order valence-corrected chi connectivity index (χ0v) is 20.7. The minimum Gasteiger partial charge on any atom is -0.395 e. The van der Waals surface area contributed by atoms with Crippen molar-refractivity contribution in [3.8, 4) is 0 Å². The predicted octanol–water partition coefficient (Wildman–Crippen LogP) is 4.17. The van der Waals surface area contributed by atoms with Crippen LogP contribution in [-0.4, -0.2) is 64.7 Å². The van der Waals surface area contributed by atoms with Crippen molar-refractivity contribution in [1.82, 2.24) is 14.4 Å². The summed E-state index contributed by atoms with van der Waals surface area (Å²) in [6.07, 6.45) is 2.55. The van der Waals surface area contributed by atoms with Crippen molar-refractivity contribution >= 4 is 22.5 Å². The molecular weight excluding hydrogens is 443 g/mol. The third-order valence-electron chi connectivity index (χ3n) is 7.59. The van der Waals surface area contributed by atoms with Crippen LogP contribution < -0.4 is 5.32 Å². The number of β-amino-alcohol motifs (C(OH)–C–C–N with tert-alkyl or cyclic N) is 1. The van der Waals surface area contributed by atoms with Gasteiger partial charge in [0.05, 0.1) is 17.8 Å². The topological polar surface area (TPSA) is 60.7 Å². The van der Waals surface area contributed by atoms with Crippen molar-refractivity contribution in [3.05, 3.63) is 64.6 Å². The fourth-order valence-electron chi connectivity index (χ4n) is 5.12. The largest absolute Gasteiger partial charge is 0.395 e. The number of aliphatic hydroxyl groups excluding tert-OH is 1. The second-order valence-corrected chi connectivity index (χ2v) is 10.0. The normalized spacial score (nSPS) is 16.7. The third kappa shape index (κ3) is 5.07. The number of rotatable bonds is 8. The average Bonchev–Trinajstić information content (AvgIpc) is 3.66. The van der Waals surface area contributed by atoms with Crippen LogP contribution in [0.4, 0.5) is 10.1 Å². The van der Waals surface area contributed by atoms with E-state index >= 15 is 0 Å². The lowest BCUT2D eigenvalue weighted by molar-refractivity contribution is 0.0615. The number of carbonyl (C=O) groups excluding carboxylic acids is 1. The number of anilines is 1. The first-order chi connectivity index (χ1) is 16.9. The summed E-state index contributed by atoms with van der Waals surface area (Å²) in [6, 6.07) is 10.6. The minimum atomic E-state index is -0.243. The highest BCUT2D eigenvalue weighted by Crippen LogP contribution is 2.38. The van der Waals surface area contributed by atoms with E-state index in [1.165, 1.54) is 36.2 Å². The summed E-state index contributed by atoms with van der Waals surface area (Å²) in [6.45, 7) is 9.55. The summed E-state index contributed by atoms with van der Waals surface area (Å²) in [5.74, 6) is 0.532. The molecule has 1 aromatic heterocycles. The minimum absolute atomic E-state index is 0.0485. The van der Waals surface area contributed by atoms with Crippen LogP contribution in [0.2, 0.25) is 0 Å². The number of aliphatic hydroxyl groups is 1. The molecule has 0 atom stereocenters. The Labute approximate surface area is 206 Å². The summed E-state index contributed by atoms with van der Waals surface area (Å²) >= 11 is 0. The van der Waals surface area contributed by atoms with E-state index in [4.69, 9.17) is 0 Å². The van der Waals surface area contributed by atoms with Gasteiger partial charge in [0.25, 0.3) is 5.91 Å². The number of halogens is 1. The first kappa shape index (κ1) is 23.8. The number of benzene rings is 2. The van der Waals surface area contributed by atoms with Crippen LogP contribution in [0, 0.1) is 25.6 Å². The molecule has 186 valence electrons. The van der Waals surface area contributed by atoms with Gasteiger partial charge in [-0.2, -0.15) is 0 Å². The number of amides is 1. The zero-order valence-electron chi connectivity index (χ0n) is 20.7. The maximum atomic E-state index is 13.5. The second-order valence-electron chi connectivity index (χ2n) is 10.0. The van der Waals surface area contributed by atoms with Crippen molar-refractivity contribution in [2.75, 3.05) is 44.6 Å². The maximum Gasteiger partial charge on any atom is 0.254 e. The monoisotopic (exact) mass is 478 g/mol. The molecular formula is C28H35FN4O2. The van der Waals surface area contributed by atoms with E-state index in [0.717, 1.165) is 47.7 Å². The van der Waals surface area contributed by atoms with E-state index in [0.29, 0.717) is 31.7 Å². The van der Waals surface area contributed by atoms with Crippen LogP contribution in [0.25, 0.3) is 10.9 Å². The number of aryl methyl sites for hydroxylation is 1. The fraction of sp³-hybridized carbons (Fsp3) is 0.464. The summed E-state index contributed by atoms with van der Waals surface area (Å²) < 4.78 is 15.8. The Balaban J connectivity index is 1.48. The Kier molecular flexibility index (Phi) is 6.80. The van der Waals surface area contributed by atoms with Crippen LogP contribution in [-0.2, 0) is 13.1 Å². The summed E-state index contributed by atoms with van der Waals surface area (Å²) in [5, 5.41) is 13.9. The zero-order chi connectivity index (χ0) is 24.5. The number of aromatic nitrogens is 1. The number of hydrogen-bond acceptors (Lipinski definition) is 4. The molecule has 7 heteroatoms. The Morgan fingerprint density at radius 3 is 2.46 bits per heavy atom. The molecule has 2 heterocycles. The van der Waals surface area contributed by atoms with Gasteiger partial charge in [-0.05, 0) is 68.0 Å². The maximum absolute atomic E-state index is 13.5. The number of nitrogens with zero attached hydrogens (tertiary/aromatic N) is 3. The lowest BCUT2D eigenvalue weighted by Crippen LogP contribution is -2.49. The third-order valence-corrected chi connectivity index (χ3v) is 7.59. The number of carbonyl (C=O) groups is 1. The molecule has 6 nitrogen and oxygen atoms in total. The molecule has 1 saturated heterocycles. The molecule has 2 aliphatic rings. The average molecular weight is 479 g/mol. The van der Waals surface area contributed by atoms with Gasteiger partial charge in [-0.3, -0.25) is 9.69 Å². The number of piperazine rings is 1. The van der Waals surface area contributed by atoms with Gasteiger partial charge in [0.15, 0.2) is 0 Å². The summed E-state index contributed by atoms with van der Waals surface area (Å²) in [7, 11) is 0. The number of hydrogen-bond donors (Lipinski definition) is 2. The van der Waals surface area contributed by atoms with Gasteiger partial charge < -0.3 is 19.9 Å². The van der Waals surface area contributed by atoms with E-state index in [9.17, 15) is 14.3 Å². The van der Waals surface area contributed by atoms with Crippen LogP contribution in [0.1, 0.15) is 40.0 Å². The van der Waals surface area contributed by atoms with Gasteiger partial charge in [0.1, 0.15) is 5.82 Å². The molecule has 5 rings (SSSR count). The molecule has 0 bridgehead atoms. The van der Waals surface area contributed by atoms with Crippen molar-refractivity contribution < 1.29 is 14.3 Å². The number of nitrogens with one attached hydrogen (secondary N) is 1. The molecule has 2 fully saturated rings. The Morgan fingerprint density at radius 2 is 1.80 bits per heavy atom. The Hall–Kier alpha value is -2.90. The molecule has 1 aliphatic heterocycles. The molecule has 0 unspecified atom stereocenters. The SMILES string of the molecule is Cc1c(C)n(CC2CC2)c2c(NCc3ccc(F)cc3)cc(C(=O)N3CCN(CCO)CC3)cc12. The van der Waals surface area contributed by atoms with Gasteiger partial charge in [-0.15, -0.1) is 0 Å². The van der Waals surface area contributed by atoms with Crippen molar-refractivity contribution in [1.29, 1.82) is 0 Å². The van der Waals surface area contributed by atoms with Crippen LogP contribution in [0.3, 0.4) is 0 Å². The van der Waals surface area contributed by atoms with Gasteiger partial charge in [0, 0.05) is 62.5 Å². The Bertz CT molecular complexity index is 1210. The van der Waals surface area contributed by atoms with Crippen LogP contribution in [0.5, 0.6) is 0 Å². The van der Waals surface area contributed by atoms with Gasteiger partial charge in [-0.1, -0.05) is 12.1 Å². The van der Waals surface area contributed by atoms with E-state index in [1.54, 1.807) is 12.1 Å². The molecule has 3 aromatic rings. The second kappa shape index (κ2) is 9.99. The van der Waals surface area contributed by atoms with Crippen LogP contribution in [0.15, 0.2) is 36.4 Å². The van der Waals surface area contributed by atoms with Crippen molar-refractivity contribution in [3.63, 3.8) is 0 Å². The van der Waals surface area contributed by atoms with E-state index in [1.807, 2.05) is 11.0 Å². The highest BCUT2D eigenvalue weighted by molar-refractivity contribution is 6.04. The van der Waals surface area contributed by atoms with Gasteiger partial charge in [0.2, 0.25) is 0 Å². The molecule has 0 spiro atoms. The molecule has 0 radical (unpaired) electrons. The van der Waals surface area contributed by atoms with E-state index in [2.05, 4.69) is 34.7 Å². The van der Waals surface area contributed by atoms with Crippen molar-refractivity contribution in [2.24, 2.45) is 5.92 Å². The molecule has 2 N–H and O–H groups in total. The van der Waals surface area contributed by atoms with Crippen molar-refractivity contribution in [2.45, 2.75) is 39.8 Å². The van der Waals surface area contributed by atoms with Gasteiger partial charge >= 0.3 is 0 Å². The van der Waals surface area contributed by atoms with Crippen LogP contribution >= 0.6 is 0 Å². The quantitative estimate of drug-likeness (QED) is 0.510. The van der Waals surface area contributed by atoms with E-state index in [-0.39, 0.29) is 18.3 Å². The predicted molar refractivity (Wildman–Crippen MR) is 137 cm³/mol. The first-order valence-electron chi connectivity index (χ1n) is 12.7. The lowest BCUT2D eigenvalue weighted by atomic mass is 10.1. The van der Waals surface area contributed by atoms with E-state index < -0.39 is 0 Å². The Morgan fingerprint density at radius 1 is 1.09 bits per heavy atom. The molecule has 1 amide bonds.